The van der Waals surface area contributed by atoms with Gasteiger partial charge in [0.05, 0.1) is 0 Å². The Balaban J connectivity index is 4.26. The predicted molar refractivity (Wildman–Crippen MR) is 353 cm³/mol. The molecule has 0 aliphatic rings. The summed E-state index contributed by atoms with van der Waals surface area (Å²) < 4.78 is 17.0. The zero-order valence-corrected chi connectivity index (χ0v) is 54.3. The summed E-state index contributed by atoms with van der Waals surface area (Å²) in [6.45, 7) is 6.67. The van der Waals surface area contributed by atoms with Gasteiger partial charge in [-0.25, -0.2) is 0 Å². The van der Waals surface area contributed by atoms with Gasteiger partial charge >= 0.3 is 17.9 Å². The molecule has 0 aromatic rings. The highest BCUT2D eigenvalue weighted by Crippen LogP contribution is 2.17. The Morgan fingerprint density at radius 2 is 0.444 bits per heavy atom. The monoisotopic (exact) mass is 1130 g/mol. The van der Waals surface area contributed by atoms with Gasteiger partial charge < -0.3 is 14.2 Å². The van der Waals surface area contributed by atoms with Crippen molar-refractivity contribution >= 4 is 17.9 Å². The van der Waals surface area contributed by atoms with Gasteiger partial charge in [-0.05, 0) is 109 Å². The fourth-order valence-corrected chi connectivity index (χ4v) is 10.6. The van der Waals surface area contributed by atoms with E-state index in [-0.39, 0.29) is 31.1 Å². The third kappa shape index (κ3) is 67.8. The van der Waals surface area contributed by atoms with Crippen LogP contribution in [0, 0.1) is 0 Å². The van der Waals surface area contributed by atoms with Crippen molar-refractivity contribution in [3.8, 4) is 0 Å². The van der Waals surface area contributed by atoms with Crippen molar-refractivity contribution in [1.29, 1.82) is 0 Å². The second-order valence-corrected chi connectivity index (χ2v) is 24.1. The van der Waals surface area contributed by atoms with Gasteiger partial charge in [-0.3, -0.25) is 14.4 Å². The van der Waals surface area contributed by atoms with Crippen LogP contribution in [0.4, 0.5) is 0 Å². The van der Waals surface area contributed by atoms with Crippen molar-refractivity contribution in [2.45, 2.75) is 386 Å². The number of carbonyl (C=O) groups excluding carboxylic acids is 3. The van der Waals surface area contributed by atoms with Gasteiger partial charge in [-0.15, -0.1) is 0 Å². The van der Waals surface area contributed by atoms with Crippen molar-refractivity contribution in [3.63, 3.8) is 0 Å². The molecule has 1 atom stereocenters. The Morgan fingerprint density at radius 3 is 0.704 bits per heavy atom. The molecule has 0 rings (SSSR count). The van der Waals surface area contributed by atoms with Crippen molar-refractivity contribution in [1.82, 2.24) is 0 Å². The molecule has 0 aliphatic heterocycles. The minimum Gasteiger partial charge on any atom is -0.462 e. The zero-order valence-electron chi connectivity index (χ0n) is 54.3. The van der Waals surface area contributed by atoms with Gasteiger partial charge in [0.2, 0.25) is 0 Å². The topological polar surface area (TPSA) is 78.9 Å². The lowest BCUT2D eigenvalue weighted by Crippen LogP contribution is -2.30. The molecular formula is C75H136O6. The van der Waals surface area contributed by atoms with E-state index in [9.17, 15) is 14.4 Å². The summed E-state index contributed by atoms with van der Waals surface area (Å²) in [6.07, 6.45) is 89.6. The van der Waals surface area contributed by atoms with E-state index < -0.39 is 6.10 Å². The van der Waals surface area contributed by atoms with Gasteiger partial charge in [0.25, 0.3) is 0 Å². The third-order valence-electron chi connectivity index (χ3n) is 16.0. The number of carbonyl (C=O) groups is 3. The summed E-state index contributed by atoms with van der Waals surface area (Å²) in [5, 5.41) is 0. The molecule has 1 unspecified atom stereocenters. The van der Waals surface area contributed by atoms with Gasteiger partial charge in [0.15, 0.2) is 6.10 Å². The van der Waals surface area contributed by atoms with Crippen LogP contribution in [0.2, 0.25) is 0 Å². The molecule has 0 heterocycles. The van der Waals surface area contributed by atoms with Crippen LogP contribution < -0.4 is 0 Å². The molecule has 0 saturated heterocycles. The quantitative estimate of drug-likeness (QED) is 0.0261. The van der Waals surface area contributed by atoms with Crippen LogP contribution in [0.25, 0.3) is 0 Å². The Morgan fingerprint density at radius 1 is 0.247 bits per heavy atom. The molecule has 0 spiro atoms. The van der Waals surface area contributed by atoms with Gasteiger partial charge in [-0.1, -0.05) is 313 Å². The molecule has 0 saturated carbocycles. The maximum Gasteiger partial charge on any atom is 0.306 e. The van der Waals surface area contributed by atoms with Crippen LogP contribution in [0.5, 0.6) is 0 Å². The standard InChI is InChI=1S/C75H136O6/c1-4-7-10-13-16-19-22-25-28-30-32-33-34-35-36-37-38-39-40-41-43-44-47-50-53-56-59-62-65-68-74(77)80-71-72(70-79-73(76)67-64-61-58-55-52-49-46-27-24-21-18-15-12-9-6-3)81-75(78)69-66-63-60-57-54-51-48-45-42-31-29-26-23-20-17-14-11-8-5-2/h22,25-27,29-30,32,34-35,46,72H,4-21,23-24,28,31,33,36-45,47-71H2,1-3H3/b25-22-,29-26-,32-30-,35-34-,46-27-. The average Bonchev–Trinajstić information content (AvgIpc) is 3.47. The summed E-state index contributed by atoms with van der Waals surface area (Å²) in [6, 6.07) is 0. The lowest BCUT2D eigenvalue weighted by atomic mass is 10.0. The SMILES string of the molecule is CCCCCCC/C=C\C/C=C\C/C=C\CCCCCCCCCCCCCCCCC(=O)OCC(COC(=O)CCCCCCC/C=C\CCCCCCCC)OC(=O)CCCCCCCCCCC/C=C\CCCCCCCC. The number of rotatable bonds is 66. The van der Waals surface area contributed by atoms with E-state index in [1.54, 1.807) is 0 Å². The van der Waals surface area contributed by atoms with E-state index in [2.05, 4.69) is 81.5 Å². The van der Waals surface area contributed by atoms with Gasteiger partial charge in [-0.2, -0.15) is 0 Å². The third-order valence-corrected chi connectivity index (χ3v) is 16.0. The fraction of sp³-hybridized carbons (Fsp3) is 0.827. The van der Waals surface area contributed by atoms with E-state index in [0.29, 0.717) is 19.3 Å². The Hall–Kier alpha value is -2.89. The number of ether oxygens (including phenoxy) is 3. The van der Waals surface area contributed by atoms with E-state index in [1.807, 2.05) is 0 Å². The first-order valence-corrected chi connectivity index (χ1v) is 35.8. The smallest absolute Gasteiger partial charge is 0.306 e. The predicted octanol–water partition coefficient (Wildman–Crippen LogP) is 24.7. The Kier molecular flexibility index (Phi) is 67.1. The molecule has 0 radical (unpaired) electrons. The molecule has 0 aliphatic carbocycles. The van der Waals surface area contributed by atoms with Crippen molar-refractivity contribution in [2.75, 3.05) is 13.2 Å². The number of hydrogen-bond acceptors (Lipinski definition) is 6. The molecule has 6 nitrogen and oxygen atoms in total. The highest BCUT2D eigenvalue weighted by Gasteiger charge is 2.19. The molecule has 0 aromatic carbocycles. The molecule has 0 bridgehead atoms. The maximum atomic E-state index is 12.9. The number of allylic oxidation sites excluding steroid dienone is 10. The van der Waals surface area contributed by atoms with Crippen LogP contribution >= 0.6 is 0 Å². The number of esters is 3. The van der Waals surface area contributed by atoms with E-state index in [0.717, 1.165) is 77.0 Å². The number of unbranched alkanes of at least 4 members (excludes halogenated alkanes) is 45. The molecule has 472 valence electrons. The zero-order chi connectivity index (χ0) is 58.5. The first-order chi connectivity index (χ1) is 40.0. The Labute approximate surface area is 504 Å². The highest BCUT2D eigenvalue weighted by molar-refractivity contribution is 5.71. The fourth-order valence-electron chi connectivity index (χ4n) is 10.6. The van der Waals surface area contributed by atoms with Crippen LogP contribution in [0.1, 0.15) is 380 Å². The second-order valence-electron chi connectivity index (χ2n) is 24.1. The van der Waals surface area contributed by atoms with Crippen LogP contribution in [-0.4, -0.2) is 37.2 Å². The molecule has 81 heavy (non-hydrogen) atoms. The summed E-state index contributed by atoms with van der Waals surface area (Å²) in [5.74, 6) is -0.863. The lowest BCUT2D eigenvalue weighted by Gasteiger charge is -2.18. The summed E-state index contributed by atoms with van der Waals surface area (Å²) in [4.78, 5) is 38.4. The highest BCUT2D eigenvalue weighted by atomic mass is 16.6. The van der Waals surface area contributed by atoms with Gasteiger partial charge in [0, 0.05) is 19.3 Å². The van der Waals surface area contributed by atoms with Crippen LogP contribution in [-0.2, 0) is 28.6 Å². The maximum absolute atomic E-state index is 12.9. The Bertz CT molecular complexity index is 1440. The van der Waals surface area contributed by atoms with E-state index in [4.69, 9.17) is 14.2 Å². The average molecular weight is 1130 g/mol. The minimum absolute atomic E-state index is 0.0748. The summed E-state index contributed by atoms with van der Waals surface area (Å²) in [7, 11) is 0. The first-order valence-electron chi connectivity index (χ1n) is 35.8. The van der Waals surface area contributed by atoms with Crippen molar-refractivity contribution in [3.05, 3.63) is 60.8 Å². The summed E-state index contributed by atoms with van der Waals surface area (Å²) >= 11 is 0. The molecular weight excluding hydrogens is 997 g/mol. The van der Waals surface area contributed by atoms with Crippen LogP contribution in [0.3, 0.4) is 0 Å². The minimum atomic E-state index is -0.779. The molecule has 0 N–H and O–H groups in total. The second kappa shape index (κ2) is 69.6. The molecule has 6 heteroatoms. The van der Waals surface area contributed by atoms with Crippen molar-refractivity contribution in [2.24, 2.45) is 0 Å². The molecule has 0 fully saturated rings. The lowest BCUT2D eigenvalue weighted by molar-refractivity contribution is -0.167. The molecule has 0 amide bonds. The number of hydrogen-bond donors (Lipinski definition) is 0. The normalized spacial score (nSPS) is 12.4. The van der Waals surface area contributed by atoms with Crippen molar-refractivity contribution < 1.29 is 28.6 Å². The van der Waals surface area contributed by atoms with E-state index in [1.165, 1.54) is 263 Å². The first kappa shape index (κ1) is 78.1. The summed E-state index contributed by atoms with van der Waals surface area (Å²) in [5.41, 5.74) is 0. The van der Waals surface area contributed by atoms with Gasteiger partial charge in [0.1, 0.15) is 13.2 Å². The molecule has 0 aromatic heterocycles. The van der Waals surface area contributed by atoms with Crippen LogP contribution in [0.15, 0.2) is 60.8 Å². The van der Waals surface area contributed by atoms with E-state index >= 15 is 0 Å². The largest absolute Gasteiger partial charge is 0.462 e.